The second-order valence-corrected chi connectivity index (χ2v) is 7.10. The molecule has 4 nitrogen and oxygen atoms in total. The smallest absolute Gasteiger partial charge is 0.169 e. The zero-order valence-corrected chi connectivity index (χ0v) is 14.6. The van der Waals surface area contributed by atoms with Crippen molar-refractivity contribution in [3.63, 3.8) is 0 Å². The lowest BCUT2D eigenvalue weighted by molar-refractivity contribution is 0.116. The van der Waals surface area contributed by atoms with Crippen molar-refractivity contribution in [3.8, 4) is 10.7 Å². The van der Waals surface area contributed by atoms with Crippen molar-refractivity contribution in [1.82, 2.24) is 14.9 Å². The van der Waals surface area contributed by atoms with Crippen LogP contribution in [0.3, 0.4) is 0 Å². The summed E-state index contributed by atoms with van der Waals surface area (Å²) >= 11 is 1.68. The fourth-order valence-corrected chi connectivity index (χ4v) is 3.93. The standard InChI is InChI=1S/C18H25N3OS/c1-22-10-4-7-16-6-2-3-9-21(16)14-15-12-19-18(20-13-15)17-8-5-11-23-17/h5,8,11-13,16H,2-4,6-7,9-10,14H2,1H3. The first-order chi connectivity index (χ1) is 11.4. The number of hydrogen-bond donors (Lipinski definition) is 0. The molecule has 5 heteroatoms. The quantitative estimate of drug-likeness (QED) is 0.719. The van der Waals surface area contributed by atoms with Gasteiger partial charge >= 0.3 is 0 Å². The summed E-state index contributed by atoms with van der Waals surface area (Å²) in [6.45, 7) is 3.01. The van der Waals surface area contributed by atoms with E-state index in [2.05, 4.69) is 26.3 Å². The molecule has 0 aliphatic carbocycles. The lowest BCUT2D eigenvalue weighted by atomic mass is 9.97. The van der Waals surface area contributed by atoms with Crippen LogP contribution in [0.2, 0.25) is 0 Å². The van der Waals surface area contributed by atoms with Gasteiger partial charge < -0.3 is 4.74 Å². The van der Waals surface area contributed by atoms with Crippen molar-refractivity contribution in [1.29, 1.82) is 0 Å². The Labute approximate surface area is 142 Å². The normalized spacial score (nSPS) is 19.1. The van der Waals surface area contributed by atoms with E-state index in [9.17, 15) is 0 Å². The summed E-state index contributed by atoms with van der Waals surface area (Å²) in [7, 11) is 1.78. The third-order valence-corrected chi connectivity index (χ3v) is 5.33. The van der Waals surface area contributed by atoms with Gasteiger partial charge in [0, 0.05) is 44.3 Å². The Morgan fingerprint density at radius 3 is 2.91 bits per heavy atom. The SMILES string of the molecule is COCCCC1CCCCN1Cc1cnc(-c2cccs2)nc1. The molecule has 0 N–H and O–H groups in total. The van der Waals surface area contributed by atoms with Gasteiger partial charge in [-0.2, -0.15) is 0 Å². The van der Waals surface area contributed by atoms with E-state index < -0.39 is 0 Å². The van der Waals surface area contributed by atoms with Gasteiger partial charge in [-0.05, 0) is 43.7 Å². The van der Waals surface area contributed by atoms with Crippen molar-refractivity contribution in [2.75, 3.05) is 20.3 Å². The van der Waals surface area contributed by atoms with Crippen molar-refractivity contribution in [3.05, 3.63) is 35.5 Å². The van der Waals surface area contributed by atoms with Gasteiger partial charge in [0.25, 0.3) is 0 Å². The topological polar surface area (TPSA) is 38.2 Å². The molecule has 2 aromatic rings. The maximum atomic E-state index is 5.20. The van der Waals surface area contributed by atoms with Crippen molar-refractivity contribution in [2.24, 2.45) is 0 Å². The Hall–Kier alpha value is -1.30. The van der Waals surface area contributed by atoms with Gasteiger partial charge in [0.05, 0.1) is 4.88 Å². The third kappa shape index (κ3) is 4.59. The van der Waals surface area contributed by atoms with Gasteiger partial charge in [-0.15, -0.1) is 11.3 Å². The molecular weight excluding hydrogens is 306 g/mol. The summed E-state index contributed by atoms with van der Waals surface area (Å²) < 4.78 is 5.20. The first-order valence-corrected chi connectivity index (χ1v) is 9.32. The average Bonchev–Trinajstić information content (AvgIpc) is 3.12. The number of nitrogens with zero attached hydrogens (tertiary/aromatic N) is 3. The lowest BCUT2D eigenvalue weighted by Gasteiger charge is -2.35. The number of rotatable bonds is 7. The number of thiophene rings is 1. The molecule has 1 aliphatic rings. The number of ether oxygens (including phenoxy) is 1. The minimum Gasteiger partial charge on any atom is -0.385 e. The number of methoxy groups -OCH3 is 1. The van der Waals surface area contributed by atoms with Crippen LogP contribution >= 0.6 is 11.3 Å². The molecule has 1 fully saturated rings. The second kappa shape index (κ2) is 8.52. The highest BCUT2D eigenvalue weighted by Gasteiger charge is 2.22. The summed E-state index contributed by atoms with van der Waals surface area (Å²) in [5, 5.41) is 2.06. The van der Waals surface area contributed by atoms with Crippen LogP contribution < -0.4 is 0 Å². The van der Waals surface area contributed by atoms with Crippen LogP contribution in [0.15, 0.2) is 29.9 Å². The molecule has 3 rings (SSSR count). The average molecular weight is 331 g/mol. The van der Waals surface area contributed by atoms with Gasteiger partial charge in [-0.1, -0.05) is 12.5 Å². The summed E-state index contributed by atoms with van der Waals surface area (Å²) in [6, 6.07) is 4.78. The van der Waals surface area contributed by atoms with Crippen LogP contribution in [0.25, 0.3) is 10.7 Å². The zero-order chi connectivity index (χ0) is 15.9. The van der Waals surface area contributed by atoms with Gasteiger partial charge in [-0.25, -0.2) is 9.97 Å². The molecule has 1 unspecified atom stereocenters. The highest BCUT2D eigenvalue weighted by molar-refractivity contribution is 7.13. The van der Waals surface area contributed by atoms with Crippen molar-refractivity contribution < 1.29 is 4.74 Å². The van der Waals surface area contributed by atoms with Crippen molar-refractivity contribution in [2.45, 2.75) is 44.7 Å². The molecule has 0 amide bonds. The van der Waals surface area contributed by atoms with Gasteiger partial charge in [0.1, 0.15) is 0 Å². The van der Waals surface area contributed by atoms with Crippen LogP contribution in [0, 0.1) is 0 Å². The molecule has 124 valence electrons. The van der Waals surface area contributed by atoms with E-state index in [4.69, 9.17) is 4.74 Å². The summed E-state index contributed by atoms with van der Waals surface area (Å²) in [6.07, 6.45) is 10.3. The van der Waals surface area contributed by atoms with E-state index in [1.807, 2.05) is 18.5 Å². The maximum absolute atomic E-state index is 5.20. The van der Waals surface area contributed by atoms with E-state index in [1.54, 1.807) is 18.4 Å². The summed E-state index contributed by atoms with van der Waals surface area (Å²) in [5.74, 6) is 0.832. The van der Waals surface area contributed by atoms with Crippen LogP contribution in [0.5, 0.6) is 0 Å². The molecule has 0 spiro atoms. The highest BCUT2D eigenvalue weighted by atomic mass is 32.1. The van der Waals surface area contributed by atoms with E-state index in [0.717, 1.165) is 30.3 Å². The molecule has 0 saturated carbocycles. The van der Waals surface area contributed by atoms with Crippen LogP contribution in [0.4, 0.5) is 0 Å². The summed E-state index contributed by atoms with van der Waals surface area (Å²) in [4.78, 5) is 12.8. The van der Waals surface area contributed by atoms with E-state index in [0.29, 0.717) is 6.04 Å². The fourth-order valence-electron chi connectivity index (χ4n) is 3.26. The van der Waals surface area contributed by atoms with Crippen molar-refractivity contribution >= 4 is 11.3 Å². The second-order valence-electron chi connectivity index (χ2n) is 6.15. The number of likely N-dealkylation sites (tertiary alicyclic amines) is 1. The largest absolute Gasteiger partial charge is 0.385 e. The molecule has 3 heterocycles. The third-order valence-electron chi connectivity index (χ3n) is 4.47. The van der Waals surface area contributed by atoms with Gasteiger partial charge in [0.15, 0.2) is 5.82 Å². The predicted molar refractivity (Wildman–Crippen MR) is 94.5 cm³/mol. The van der Waals surface area contributed by atoms with Gasteiger partial charge in [-0.3, -0.25) is 4.90 Å². The monoisotopic (exact) mass is 331 g/mol. The van der Waals surface area contributed by atoms with E-state index in [-0.39, 0.29) is 0 Å². The van der Waals surface area contributed by atoms with E-state index in [1.165, 1.54) is 37.8 Å². The van der Waals surface area contributed by atoms with Crippen LogP contribution in [-0.4, -0.2) is 41.2 Å². The Morgan fingerprint density at radius 1 is 1.30 bits per heavy atom. The molecular formula is C18H25N3OS. The minimum atomic E-state index is 0.677. The molecule has 1 saturated heterocycles. The zero-order valence-electron chi connectivity index (χ0n) is 13.8. The first kappa shape index (κ1) is 16.6. The molecule has 0 aromatic carbocycles. The molecule has 1 aliphatic heterocycles. The first-order valence-electron chi connectivity index (χ1n) is 8.44. The number of hydrogen-bond acceptors (Lipinski definition) is 5. The molecule has 2 aromatic heterocycles. The highest BCUT2D eigenvalue weighted by Crippen LogP contribution is 2.24. The molecule has 0 bridgehead atoms. The molecule has 0 radical (unpaired) electrons. The van der Waals surface area contributed by atoms with Gasteiger partial charge in [0.2, 0.25) is 0 Å². The van der Waals surface area contributed by atoms with Crippen LogP contribution in [0.1, 0.15) is 37.7 Å². The minimum absolute atomic E-state index is 0.677. The molecule has 1 atom stereocenters. The fraction of sp³-hybridized carbons (Fsp3) is 0.556. The van der Waals surface area contributed by atoms with E-state index >= 15 is 0 Å². The summed E-state index contributed by atoms with van der Waals surface area (Å²) in [5.41, 5.74) is 1.21. The number of piperidine rings is 1. The Morgan fingerprint density at radius 2 is 2.17 bits per heavy atom. The van der Waals surface area contributed by atoms with Crippen LogP contribution in [-0.2, 0) is 11.3 Å². The number of aromatic nitrogens is 2. The molecule has 23 heavy (non-hydrogen) atoms. The maximum Gasteiger partial charge on any atom is 0.169 e. The lowest BCUT2D eigenvalue weighted by Crippen LogP contribution is -2.39. The Kier molecular flexibility index (Phi) is 6.13. The Balaban J connectivity index is 1.60. The Bertz CT molecular complexity index is 570. The predicted octanol–water partition coefficient (Wildman–Crippen LogP) is 3.99.